The number of hydrogen-bond donors (Lipinski definition) is 2. The van der Waals surface area contributed by atoms with Crippen molar-refractivity contribution in [3.8, 4) is 0 Å². The molecule has 1 aliphatic heterocycles. The highest BCUT2D eigenvalue weighted by atomic mass is 35.5. The molecule has 1 aliphatic rings. The first-order valence-electron chi connectivity index (χ1n) is 7.32. The number of nitrogens with one attached hydrogen (secondary N) is 2. The van der Waals surface area contributed by atoms with Gasteiger partial charge in [0.1, 0.15) is 16.4 Å². The Labute approximate surface area is 143 Å². The molecule has 1 aromatic heterocycles. The summed E-state index contributed by atoms with van der Waals surface area (Å²) in [7, 11) is -4.02. The van der Waals surface area contributed by atoms with Crippen LogP contribution in [0.3, 0.4) is 0 Å². The van der Waals surface area contributed by atoms with Crippen molar-refractivity contribution >= 4 is 33.2 Å². The number of carbonyl (C=O) groups excluding carboxylic acids is 1. The van der Waals surface area contributed by atoms with E-state index in [2.05, 4.69) is 9.71 Å². The van der Waals surface area contributed by atoms with E-state index >= 15 is 0 Å². The summed E-state index contributed by atoms with van der Waals surface area (Å²) < 4.78 is 40.6. The zero-order valence-electron chi connectivity index (χ0n) is 12.6. The summed E-state index contributed by atoms with van der Waals surface area (Å²) >= 11 is 5.64. The fraction of sp³-hybridized carbons (Fsp3) is 0.267. The minimum absolute atomic E-state index is 0.139. The second-order valence-electron chi connectivity index (χ2n) is 5.48. The molecular formula is C15H15ClFN3O3S. The van der Waals surface area contributed by atoms with Crippen molar-refractivity contribution in [2.45, 2.75) is 17.7 Å². The van der Waals surface area contributed by atoms with Crippen LogP contribution in [0.25, 0.3) is 0 Å². The first kappa shape index (κ1) is 16.8. The van der Waals surface area contributed by atoms with Gasteiger partial charge >= 0.3 is 0 Å². The largest absolute Gasteiger partial charge is 0.356 e. The van der Waals surface area contributed by atoms with E-state index in [-0.39, 0.29) is 27.2 Å². The number of H-pyrrole nitrogens is 1. The van der Waals surface area contributed by atoms with E-state index in [1.807, 2.05) is 0 Å². The maximum Gasteiger partial charge on any atom is 0.270 e. The second-order valence-corrected chi connectivity index (χ2v) is 7.60. The Morgan fingerprint density at radius 1 is 1.25 bits per heavy atom. The molecule has 0 aliphatic carbocycles. The molecule has 0 bridgehead atoms. The minimum atomic E-state index is -4.02. The van der Waals surface area contributed by atoms with Crippen molar-refractivity contribution in [3.63, 3.8) is 0 Å². The number of hydrogen-bond acceptors (Lipinski definition) is 3. The van der Waals surface area contributed by atoms with Gasteiger partial charge in [0.25, 0.3) is 15.9 Å². The number of aromatic nitrogens is 1. The van der Waals surface area contributed by atoms with Gasteiger partial charge in [0.2, 0.25) is 0 Å². The van der Waals surface area contributed by atoms with Gasteiger partial charge in [-0.25, -0.2) is 12.8 Å². The maximum atomic E-state index is 13.8. The monoisotopic (exact) mass is 371 g/mol. The average molecular weight is 372 g/mol. The fourth-order valence-corrected chi connectivity index (χ4v) is 3.74. The third-order valence-electron chi connectivity index (χ3n) is 3.77. The molecule has 0 atom stereocenters. The smallest absolute Gasteiger partial charge is 0.270 e. The third kappa shape index (κ3) is 3.39. The first-order chi connectivity index (χ1) is 11.4. The number of aromatic amines is 1. The molecule has 0 saturated carbocycles. The summed E-state index contributed by atoms with van der Waals surface area (Å²) in [6, 6.07) is 4.87. The van der Waals surface area contributed by atoms with Crippen molar-refractivity contribution < 1.29 is 17.6 Å². The number of carbonyl (C=O) groups is 1. The summed E-state index contributed by atoms with van der Waals surface area (Å²) in [5, 5.41) is 0.163. The standard InChI is InChI=1S/C15H15ClFN3O3S/c16-10-3-4-13(12(17)7-10)19-24(22,23)11-8-14(18-9-11)15(21)20-5-1-2-6-20/h3-4,7-9,18-19H,1-2,5-6H2. The van der Waals surface area contributed by atoms with Crippen LogP contribution in [0.1, 0.15) is 23.3 Å². The van der Waals surface area contributed by atoms with Crippen LogP contribution in [-0.4, -0.2) is 37.3 Å². The van der Waals surface area contributed by atoms with Gasteiger partial charge in [0.05, 0.1) is 5.69 Å². The van der Waals surface area contributed by atoms with Crippen molar-refractivity contribution in [1.82, 2.24) is 9.88 Å². The van der Waals surface area contributed by atoms with Crippen LogP contribution in [0.4, 0.5) is 10.1 Å². The summed E-state index contributed by atoms with van der Waals surface area (Å²) in [5.74, 6) is -1.03. The highest BCUT2D eigenvalue weighted by Gasteiger charge is 2.24. The van der Waals surface area contributed by atoms with E-state index < -0.39 is 15.8 Å². The lowest BCUT2D eigenvalue weighted by Crippen LogP contribution is -2.27. The highest BCUT2D eigenvalue weighted by Crippen LogP contribution is 2.23. The first-order valence-corrected chi connectivity index (χ1v) is 9.18. The fourth-order valence-electron chi connectivity index (χ4n) is 2.52. The quantitative estimate of drug-likeness (QED) is 0.867. The SMILES string of the molecule is O=C(c1cc(S(=O)(=O)Nc2ccc(Cl)cc2F)c[nH]1)N1CCCC1. The van der Waals surface area contributed by atoms with Gasteiger partial charge in [0.15, 0.2) is 0 Å². The molecule has 2 heterocycles. The van der Waals surface area contributed by atoms with E-state index in [9.17, 15) is 17.6 Å². The number of rotatable bonds is 4. The molecule has 1 amide bonds. The number of amides is 1. The number of likely N-dealkylation sites (tertiary alicyclic amines) is 1. The molecule has 2 N–H and O–H groups in total. The molecular weight excluding hydrogens is 357 g/mol. The van der Waals surface area contributed by atoms with Gasteiger partial charge in [-0.05, 0) is 37.1 Å². The van der Waals surface area contributed by atoms with Crippen LogP contribution in [0.2, 0.25) is 5.02 Å². The Kier molecular flexibility index (Phi) is 4.51. The summed E-state index contributed by atoms with van der Waals surface area (Å²) in [6.07, 6.45) is 3.09. The average Bonchev–Trinajstić information content (AvgIpc) is 3.20. The Balaban J connectivity index is 1.81. The molecule has 1 saturated heterocycles. The predicted octanol–water partition coefficient (Wildman–Crippen LogP) is 2.84. The van der Waals surface area contributed by atoms with Crippen molar-refractivity contribution in [1.29, 1.82) is 0 Å². The van der Waals surface area contributed by atoms with Gasteiger partial charge in [-0.3, -0.25) is 9.52 Å². The van der Waals surface area contributed by atoms with Gasteiger partial charge < -0.3 is 9.88 Å². The molecule has 9 heteroatoms. The van der Waals surface area contributed by atoms with Crippen LogP contribution >= 0.6 is 11.6 Å². The number of anilines is 1. The molecule has 128 valence electrons. The molecule has 24 heavy (non-hydrogen) atoms. The van der Waals surface area contributed by atoms with Crippen LogP contribution in [-0.2, 0) is 10.0 Å². The van der Waals surface area contributed by atoms with E-state index in [1.54, 1.807) is 4.90 Å². The van der Waals surface area contributed by atoms with Crippen LogP contribution in [0.5, 0.6) is 0 Å². The zero-order chi connectivity index (χ0) is 17.3. The number of halogens is 2. The second kappa shape index (κ2) is 6.45. The Morgan fingerprint density at radius 3 is 2.62 bits per heavy atom. The van der Waals surface area contributed by atoms with Gasteiger partial charge in [-0.2, -0.15) is 0 Å². The minimum Gasteiger partial charge on any atom is -0.356 e. The Hall–Kier alpha value is -2.06. The molecule has 0 spiro atoms. The number of nitrogens with zero attached hydrogens (tertiary/aromatic N) is 1. The van der Waals surface area contributed by atoms with Crippen LogP contribution < -0.4 is 4.72 Å². The molecule has 0 radical (unpaired) electrons. The zero-order valence-corrected chi connectivity index (χ0v) is 14.1. The predicted molar refractivity (Wildman–Crippen MR) is 88.1 cm³/mol. The van der Waals surface area contributed by atoms with E-state index in [0.29, 0.717) is 13.1 Å². The van der Waals surface area contributed by atoms with Gasteiger partial charge in [0, 0.05) is 24.3 Å². The van der Waals surface area contributed by atoms with Gasteiger partial charge in [-0.1, -0.05) is 11.6 Å². The molecule has 1 aromatic carbocycles. The summed E-state index contributed by atoms with van der Waals surface area (Å²) in [6.45, 7) is 1.32. The Bertz CT molecular complexity index is 876. The lowest BCUT2D eigenvalue weighted by Gasteiger charge is -2.13. The van der Waals surface area contributed by atoms with Gasteiger partial charge in [-0.15, -0.1) is 0 Å². The molecule has 0 unspecified atom stereocenters. The normalized spacial score (nSPS) is 14.8. The molecule has 6 nitrogen and oxygen atoms in total. The van der Waals surface area contributed by atoms with Crippen LogP contribution in [0, 0.1) is 5.82 Å². The summed E-state index contributed by atoms with van der Waals surface area (Å²) in [4.78, 5) is 16.4. The highest BCUT2D eigenvalue weighted by molar-refractivity contribution is 7.92. The van der Waals surface area contributed by atoms with Crippen molar-refractivity contribution in [2.75, 3.05) is 17.8 Å². The van der Waals surface area contributed by atoms with Crippen LogP contribution in [0.15, 0.2) is 35.4 Å². The third-order valence-corrected chi connectivity index (χ3v) is 5.35. The molecule has 2 aromatic rings. The lowest BCUT2D eigenvalue weighted by atomic mass is 10.3. The van der Waals surface area contributed by atoms with E-state index in [4.69, 9.17) is 11.6 Å². The Morgan fingerprint density at radius 2 is 1.96 bits per heavy atom. The van der Waals surface area contributed by atoms with Crippen molar-refractivity contribution in [2.24, 2.45) is 0 Å². The topological polar surface area (TPSA) is 82.3 Å². The maximum absolute atomic E-state index is 13.8. The number of sulfonamides is 1. The van der Waals surface area contributed by atoms with E-state index in [1.165, 1.54) is 24.4 Å². The molecule has 1 fully saturated rings. The molecule has 3 rings (SSSR count). The summed E-state index contributed by atoms with van der Waals surface area (Å²) in [5.41, 5.74) is -0.0260. The lowest BCUT2D eigenvalue weighted by molar-refractivity contribution is 0.0787. The van der Waals surface area contributed by atoms with Crippen molar-refractivity contribution in [3.05, 3.63) is 47.0 Å². The van der Waals surface area contributed by atoms with E-state index in [0.717, 1.165) is 18.9 Å². The number of benzene rings is 1.